The Kier molecular flexibility index (Phi) is 3.25. The number of rotatable bonds is 3. The predicted octanol–water partition coefficient (Wildman–Crippen LogP) is 3.62. The fraction of sp³-hybridized carbons (Fsp3) is 0.118. The highest BCUT2D eigenvalue weighted by atomic mass is 14.8. The van der Waals surface area contributed by atoms with Crippen LogP contribution in [0.5, 0.6) is 0 Å². The second-order valence-corrected chi connectivity index (χ2v) is 4.62. The molecule has 1 N–H and O–H groups in total. The molecule has 0 aliphatic heterocycles. The van der Waals surface area contributed by atoms with Gasteiger partial charge in [-0.05, 0) is 30.8 Å². The van der Waals surface area contributed by atoms with E-state index in [1.54, 1.807) is 0 Å². The Morgan fingerprint density at radius 3 is 2.74 bits per heavy atom. The number of hydrogen-bond acceptors (Lipinski definition) is 2. The molecular weight excluding hydrogens is 232 g/mol. The van der Waals surface area contributed by atoms with Crippen LogP contribution in [0.3, 0.4) is 0 Å². The maximum absolute atomic E-state index is 4.73. The van der Waals surface area contributed by atoms with Gasteiger partial charge in [0.05, 0.1) is 11.2 Å². The van der Waals surface area contributed by atoms with E-state index in [2.05, 4.69) is 53.8 Å². The van der Waals surface area contributed by atoms with Gasteiger partial charge in [0.2, 0.25) is 0 Å². The minimum atomic E-state index is 0.876. The van der Waals surface area contributed by atoms with Gasteiger partial charge in [0, 0.05) is 17.5 Å². The number of nitrogens with one attached hydrogen (secondary N) is 1. The Morgan fingerprint density at radius 2 is 1.84 bits per heavy atom. The number of aromatic nitrogens is 1. The third kappa shape index (κ3) is 2.49. The van der Waals surface area contributed by atoms with Crippen LogP contribution in [0.4, 0.5) is 0 Å². The summed E-state index contributed by atoms with van der Waals surface area (Å²) in [6.07, 6.45) is 0. The van der Waals surface area contributed by atoms with E-state index in [4.69, 9.17) is 4.98 Å². The zero-order valence-electron chi connectivity index (χ0n) is 10.9. The molecule has 2 aromatic carbocycles. The van der Waals surface area contributed by atoms with Crippen molar-refractivity contribution in [3.05, 3.63) is 66.2 Å². The summed E-state index contributed by atoms with van der Waals surface area (Å²) in [7, 11) is 1.96. The first kappa shape index (κ1) is 11.9. The molecule has 2 heteroatoms. The smallest absolute Gasteiger partial charge is 0.0709 e. The van der Waals surface area contributed by atoms with Crippen LogP contribution >= 0.6 is 0 Å². The van der Waals surface area contributed by atoms with Crippen LogP contribution in [-0.2, 0) is 6.54 Å². The average Bonchev–Trinajstić information content (AvgIpc) is 2.47. The first-order valence-corrected chi connectivity index (χ1v) is 6.46. The summed E-state index contributed by atoms with van der Waals surface area (Å²) in [5.41, 5.74) is 4.50. The summed E-state index contributed by atoms with van der Waals surface area (Å²) in [4.78, 5) is 4.73. The number of hydrogen-bond donors (Lipinski definition) is 1. The van der Waals surface area contributed by atoms with Gasteiger partial charge in [-0.3, -0.25) is 0 Å². The topological polar surface area (TPSA) is 24.9 Å². The zero-order valence-corrected chi connectivity index (χ0v) is 10.9. The van der Waals surface area contributed by atoms with Crippen LogP contribution in [0, 0.1) is 0 Å². The molecule has 0 saturated heterocycles. The lowest BCUT2D eigenvalue weighted by Gasteiger charge is -2.06. The van der Waals surface area contributed by atoms with Crippen LogP contribution < -0.4 is 5.32 Å². The molecule has 2 nitrogen and oxygen atoms in total. The van der Waals surface area contributed by atoms with Crippen molar-refractivity contribution in [3.63, 3.8) is 0 Å². The Labute approximate surface area is 113 Å². The van der Waals surface area contributed by atoms with Gasteiger partial charge in [-0.1, -0.05) is 42.5 Å². The lowest BCUT2D eigenvalue weighted by atomic mass is 10.1. The minimum Gasteiger partial charge on any atom is -0.316 e. The molecule has 3 rings (SSSR count). The molecule has 19 heavy (non-hydrogen) atoms. The third-order valence-electron chi connectivity index (χ3n) is 3.20. The van der Waals surface area contributed by atoms with Gasteiger partial charge in [-0.25, -0.2) is 4.98 Å². The molecule has 0 radical (unpaired) electrons. The fourth-order valence-electron chi connectivity index (χ4n) is 2.27. The van der Waals surface area contributed by atoms with Crippen molar-refractivity contribution >= 4 is 10.9 Å². The third-order valence-corrected chi connectivity index (χ3v) is 3.20. The van der Waals surface area contributed by atoms with E-state index in [0.717, 1.165) is 17.8 Å². The Balaban J connectivity index is 2.05. The van der Waals surface area contributed by atoms with Crippen molar-refractivity contribution in [2.24, 2.45) is 0 Å². The minimum absolute atomic E-state index is 0.876. The maximum atomic E-state index is 4.73. The first-order chi connectivity index (χ1) is 9.36. The molecular formula is C17H16N2. The largest absolute Gasteiger partial charge is 0.316 e. The predicted molar refractivity (Wildman–Crippen MR) is 79.9 cm³/mol. The fourth-order valence-corrected chi connectivity index (χ4v) is 2.27. The highest BCUT2D eigenvalue weighted by molar-refractivity contribution is 5.81. The van der Waals surface area contributed by atoms with Gasteiger partial charge in [0.15, 0.2) is 0 Å². The van der Waals surface area contributed by atoms with E-state index in [1.165, 1.54) is 16.5 Å². The van der Waals surface area contributed by atoms with Gasteiger partial charge in [-0.2, -0.15) is 0 Å². The molecule has 0 spiro atoms. The number of pyridine rings is 1. The number of para-hydroxylation sites is 1. The van der Waals surface area contributed by atoms with Crippen LogP contribution in [0.25, 0.3) is 22.2 Å². The Hall–Kier alpha value is -2.19. The Morgan fingerprint density at radius 1 is 0.947 bits per heavy atom. The molecule has 0 atom stereocenters. The van der Waals surface area contributed by atoms with Crippen LogP contribution in [0.1, 0.15) is 5.56 Å². The van der Waals surface area contributed by atoms with Gasteiger partial charge < -0.3 is 5.32 Å². The molecule has 3 aromatic rings. The molecule has 94 valence electrons. The molecule has 0 fully saturated rings. The van der Waals surface area contributed by atoms with Gasteiger partial charge in [0.1, 0.15) is 0 Å². The number of benzene rings is 2. The SMILES string of the molecule is CNCc1cccc(-c2ccc3ccccc3n2)c1. The average molecular weight is 248 g/mol. The molecule has 1 aromatic heterocycles. The lowest BCUT2D eigenvalue weighted by Crippen LogP contribution is -2.04. The van der Waals surface area contributed by atoms with E-state index in [9.17, 15) is 0 Å². The van der Waals surface area contributed by atoms with Gasteiger partial charge in [0.25, 0.3) is 0 Å². The highest BCUT2D eigenvalue weighted by Crippen LogP contribution is 2.21. The van der Waals surface area contributed by atoms with Crippen molar-refractivity contribution < 1.29 is 0 Å². The van der Waals surface area contributed by atoms with E-state index < -0.39 is 0 Å². The molecule has 0 unspecified atom stereocenters. The highest BCUT2D eigenvalue weighted by Gasteiger charge is 2.02. The van der Waals surface area contributed by atoms with Crippen molar-refractivity contribution in [2.45, 2.75) is 6.54 Å². The molecule has 0 aliphatic carbocycles. The van der Waals surface area contributed by atoms with E-state index in [1.807, 2.05) is 19.2 Å². The monoisotopic (exact) mass is 248 g/mol. The summed E-state index contributed by atoms with van der Waals surface area (Å²) in [6.45, 7) is 0.876. The van der Waals surface area contributed by atoms with Crippen molar-refractivity contribution in [1.82, 2.24) is 10.3 Å². The second-order valence-electron chi connectivity index (χ2n) is 4.62. The molecule has 0 aliphatic rings. The zero-order chi connectivity index (χ0) is 13.1. The van der Waals surface area contributed by atoms with Gasteiger partial charge in [-0.15, -0.1) is 0 Å². The quantitative estimate of drug-likeness (QED) is 0.765. The lowest BCUT2D eigenvalue weighted by molar-refractivity contribution is 0.818. The maximum Gasteiger partial charge on any atom is 0.0709 e. The summed E-state index contributed by atoms with van der Waals surface area (Å²) in [6, 6.07) is 20.9. The van der Waals surface area contributed by atoms with E-state index in [-0.39, 0.29) is 0 Å². The van der Waals surface area contributed by atoms with Gasteiger partial charge >= 0.3 is 0 Å². The summed E-state index contributed by atoms with van der Waals surface area (Å²) in [5, 5.41) is 4.35. The molecule has 0 bridgehead atoms. The summed E-state index contributed by atoms with van der Waals surface area (Å²) in [5.74, 6) is 0. The van der Waals surface area contributed by atoms with Crippen LogP contribution in [-0.4, -0.2) is 12.0 Å². The molecule has 1 heterocycles. The van der Waals surface area contributed by atoms with E-state index >= 15 is 0 Å². The summed E-state index contributed by atoms with van der Waals surface area (Å²) < 4.78 is 0. The first-order valence-electron chi connectivity index (χ1n) is 6.46. The number of fused-ring (bicyclic) bond motifs is 1. The molecule has 0 amide bonds. The summed E-state index contributed by atoms with van der Waals surface area (Å²) >= 11 is 0. The standard InChI is InChI=1S/C17H16N2/c1-18-12-13-5-4-7-15(11-13)17-10-9-14-6-2-3-8-16(14)19-17/h2-11,18H,12H2,1H3. The normalized spacial score (nSPS) is 10.8. The van der Waals surface area contributed by atoms with Crippen LogP contribution in [0.15, 0.2) is 60.7 Å². The van der Waals surface area contributed by atoms with Crippen molar-refractivity contribution in [3.8, 4) is 11.3 Å². The molecule has 0 saturated carbocycles. The van der Waals surface area contributed by atoms with Crippen molar-refractivity contribution in [1.29, 1.82) is 0 Å². The second kappa shape index (κ2) is 5.21. The Bertz CT molecular complexity index is 704. The van der Waals surface area contributed by atoms with Crippen molar-refractivity contribution in [2.75, 3.05) is 7.05 Å². The van der Waals surface area contributed by atoms with E-state index in [0.29, 0.717) is 0 Å². The van der Waals surface area contributed by atoms with Crippen LogP contribution in [0.2, 0.25) is 0 Å². The number of nitrogens with zero attached hydrogens (tertiary/aromatic N) is 1.